The van der Waals surface area contributed by atoms with Gasteiger partial charge in [0.05, 0.1) is 6.54 Å². The number of carbonyl (C=O) groups excluding carboxylic acids is 1. The number of hydrogen-bond acceptors (Lipinski definition) is 6. The quantitative estimate of drug-likeness (QED) is 0.339. The predicted octanol–water partition coefficient (Wildman–Crippen LogP) is 3.10. The second kappa shape index (κ2) is 8.18. The summed E-state index contributed by atoms with van der Waals surface area (Å²) in [6, 6.07) is 14.7. The van der Waals surface area contributed by atoms with Crippen LogP contribution in [-0.2, 0) is 11.8 Å². The van der Waals surface area contributed by atoms with Crippen LogP contribution in [0.1, 0.15) is 5.56 Å². The number of nitrogens with zero attached hydrogens (tertiary/aromatic N) is 3. The molecular weight excluding hydrogens is 342 g/mol. The van der Waals surface area contributed by atoms with Crippen LogP contribution in [-0.4, -0.2) is 32.7 Å². The molecule has 0 amide bonds. The van der Waals surface area contributed by atoms with Gasteiger partial charge < -0.3 is 15.7 Å². The lowest BCUT2D eigenvalue weighted by Gasteiger charge is -2.11. The Labute approximate surface area is 157 Å². The van der Waals surface area contributed by atoms with Crippen LogP contribution in [0.25, 0.3) is 11.4 Å². The molecule has 0 unspecified atom stereocenters. The summed E-state index contributed by atoms with van der Waals surface area (Å²) in [6.45, 7) is 2.40. The number of phenolic OH excluding ortho intramolecular Hbond substituents is 1. The lowest BCUT2D eigenvalue weighted by Crippen LogP contribution is -2.14. The molecule has 2 aromatic carbocycles. The zero-order chi connectivity index (χ0) is 19.2. The maximum Gasteiger partial charge on any atom is 0.225 e. The van der Waals surface area contributed by atoms with Crippen LogP contribution in [0.3, 0.4) is 0 Å². The molecule has 0 fully saturated rings. The molecule has 0 aliphatic rings. The second-order valence-corrected chi connectivity index (χ2v) is 6.11. The standard InChI is InChI=1S/C20H21N5O2/c1-14-4-3-5-15(12-14)19-23-20(25(2)24-19)22-17(10-11-26)13-21-16-6-8-18(27)9-7-16/h3-12,21,27H,13H2,1-2H3,(H,22,23,24)/b17-10-. The van der Waals surface area contributed by atoms with Gasteiger partial charge in [-0.1, -0.05) is 23.8 Å². The Morgan fingerprint density at radius 1 is 1.22 bits per heavy atom. The van der Waals surface area contributed by atoms with Gasteiger partial charge in [-0.3, -0.25) is 4.79 Å². The first-order valence-electron chi connectivity index (χ1n) is 8.47. The number of carbonyl (C=O) groups is 1. The number of anilines is 2. The molecule has 3 aromatic rings. The molecule has 0 bridgehead atoms. The van der Waals surface area contributed by atoms with Crippen LogP contribution in [0.4, 0.5) is 11.6 Å². The van der Waals surface area contributed by atoms with Crippen molar-refractivity contribution in [3.05, 3.63) is 65.9 Å². The molecular formula is C20H21N5O2. The number of hydrogen-bond donors (Lipinski definition) is 3. The van der Waals surface area contributed by atoms with Gasteiger partial charge in [0.25, 0.3) is 0 Å². The highest BCUT2D eigenvalue weighted by molar-refractivity contribution is 5.68. The van der Waals surface area contributed by atoms with Gasteiger partial charge in [0.1, 0.15) is 12.0 Å². The Bertz CT molecular complexity index is 961. The summed E-state index contributed by atoms with van der Waals surface area (Å²) < 4.78 is 1.64. The van der Waals surface area contributed by atoms with Gasteiger partial charge in [-0.25, -0.2) is 4.68 Å². The Morgan fingerprint density at radius 3 is 2.70 bits per heavy atom. The zero-order valence-corrected chi connectivity index (χ0v) is 15.2. The van der Waals surface area contributed by atoms with E-state index in [-0.39, 0.29) is 5.75 Å². The van der Waals surface area contributed by atoms with Crippen LogP contribution in [0.15, 0.2) is 60.3 Å². The molecule has 0 atom stereocenters. The normalized spacial score (nSPS) is 11.3. The van der Waals surface area contributed by atoms with Gasteiger partial charge in [0.15, 0.2) is 5.82 Å². The van der Waals surface area contributed by atoms with E-state index in [0.717, 1.165) is 23.1 Å². The summed E-state index contributed by atoms with van der Waals surface area (Å²) in [6.07, 6.45) is 2.16. The van der Waals surface area contributed by atoms with Crippen molar-refractivity contribution in [2.75, 3.05) is 17.2 Å². The molecule has 0 saturated carbocycles. The number of aryl methyl sites for hydroxylation is 2. The smallest absolute Gasteiger partial charge is 0.225 e. The van der Waals surface area contributed by atoms with E-state index in [2.05, 4.69) is 20.7 Å². The molecule has 3 rings (SSSR count). The first-order valence-corrected chi connectivity index (χ1v) is 8.47. The van der Waals surface area contributed by atoms with Crippen molar-refractivity contribution in [3.63, 3.8) is 0 Å². The van der Waals surface area contributed by atoms with Crippen LogP contribution in [0, 0.1) is 6.92 Å². The van der Waals surface area contributed by atoms with E-state index < -0.39 is 0 Å². The van der Waals surface area contributed by atoms with Crippen LogP contribution in [0.2, 0.25) is 0 Å². The molecule has 138 valence electrons. The van der Waals surface area contributed by atoms with E-state index in [9.17, 15) is 9.90 Å². The van der Waals surface area contributed by atoms with Crippen LogP contribution >= 0.6 is 0 Å². The molecule has 7 heteroatoms. The van der Waals surface area contributed by atoms with Crippen LogP contribution in [0.5, 0.6) is 5.75 Å². The minimum absolute atomic E-state index is 0.199. The average molecular weight is 363 g/mol. The number of allylic oxidation sites excluding steroid dienone is 1. The summed E-state index contributed by atoms with van der Waals surface area (Å²) in [5, 5.41) is 20.1. The molecule has 0 aliphatic heterocycles. The van der Waals surface area contributed by atoms with Crippen molar-refractivity contribution in [1.29, 1.82) is 0 Å². The molecule has 1 heterocycles. The number of phenols is 1. The lowest BCUT2D eigenvalue weighted by molar-refractivity contribution is -0.104. The van der Waals surface area contributed by atoms with Gasteiger partial charge >= 0.3 is 0 Å². The minimum atomic E-state index is 0.199. The highest BCUT2D eigenvalue weighted by Gasteiger charge is 2.10. The van der Waals surface area contributed by atoms with Gasteiger partial charge in [-0.15, -0.1) is 5.10 Å². The van der Waals surface area contributed by atoms with Crippen LogP contribution < -0.4 is 10.6 Å². The molecule has 3 N–H and O–H groups in total. The number of nitrogens with one attached hydrogen (secondary N) is 2. The third-order valence-electron chi connectivity index (χ3n) is 3.93. The fourth-order valence-corrected chi connectivity index (χ4v) is 2.55. The summed E-state index contributed by atoms with van der Waals surface area (Å²) in [4.78, 5) is 15.5. The van der Waals surface area contributed by atoms with E-state index in [1.807, 2.05) is 31.2 Å². The Morgan fingerprint density at radius 2 is 2.00 bits per heavy atom. The second-order valence-electron chi connectivity index (χ2n) is 6.11. The summed E-state index contributed by atoms with van der Waals surface area (Å²) in [5.74, 6) is 1.35. The van der Waals surface area contributed by atoms with Crippen molar-refractivity contribution in [1.82, 2.24) is 14.8 Å². The number of aromatic hydroxyl groups is 1. The van der Waals surface area contributed by atoms with Gasteiger partial charge in [0.2, 0.25) is 5.95 Å². The molecule has 27 heavy (non-hydrogen) atoms. The number of aromatic nitrogens is 3. The molecule has 0 saturated heterocycles. The zero-order valence-electron chi connectivity index (χ0n) is 15.2. The Balaban J connectivity index is 1.74. The minimum Gasteiger partial charge on any atom is -0.508 e. The van der Waals surface area contributed by atoms with Gasteiger partial charge in [0, 0.05) is 24.0 Å². The number of aldehydes is 1. The Hall–Kier alpha value is -3.61. The third-order valence-corrected chi connectivity index (χ3v) is 3.93. The Kier molecular flexibility index (Phi) is 5.51. The summed E-state index contributed by atoms with van der Waals surface area (Å²) in [5.41, 5.74) is 3.53. The third kappa shape index (κ3) is 4.72. The molecule has 7 nitrogen and oxygen atoms in total. The molecule has 0 spiro atoms. The molecule has 1 aromatic heterocycles. The van der Waals surface area contributed by atoms with Gasteiger partial charge in [-0.05, 0) is 43.3 Å². The fraction of sp³-hybridized carbons (Fsp3) is 0.150. The highest BCUT2D eigenvalue weighted by Crippen LogP contribution is 2.19. The first-order chi connectivity index (χ1) is 13.0. The summed E-state index contributed by atoms with van der Waals surface area (Å²) >= 11 is 0. The maximum absolute atomic E-state index is 11.0. The van der Waals surface area contributed by atoms with Crippen molar-refractivity contribution < 1.29 is 9.90 Å². The molecule has 0 aliphatic carbocycles. The molecule has 0 radical (unpaired) electrons. The SMILES string of the molecule is Cc1cccc(-c2nc(N/C(=C\C=O)CNc3ccc(O)cc3)n(C)n2)c1. The van der Waals surface area contributed by atoms with E-state index in [0.29, 0.717) is 24.0 Å². The summed E-state index contributed by atoms with van der Waals surface area (Å²) in [7, 11) is 1.79. The van der Waals surface area contributed by atoms with Crippen molar-refractivity contribution >= 4 is 17.9 Å². The van der Waals surface area contributed by atoms with E-state index >= 15 is 0 Å². The highest BCUT2D eigenvalue weighted by atomic mass is 16.3. The predicted molar refractivity (Wildman–Crippen MR) is 106 cm³/mol. The topological polar surface area (TPSA) is 92.1 Å². The number of rotatable bonds is 7. The van der Waals surface area contributed by atoms with E-state index in [1.165, 1.54) is 6.08 Å². The average Bonchev–Trinajstić information content (AvgIpc) is 3.02. The maximum atomic E-state index is 11.0. The first kappa shape index (κ1) is 18.2. The lowest BCUT2D eigenvalue weighted by atomic mass is 10.1. The van der Waals surface area contributed by atoms with Crippen molar-refractivity contribution in [2.45, 2.75) is 6.92 Å². The van der Waals surface area contributed by atoms with Gasteiger partial charge in [-0.2, -0.15) is 4.98 Å². The largest absolute Gasteiger partial charge is 0.508 e. The van der Waals surface area contributed by atoms with E-state index in [1.54, 1.807) is 36.0 Å². The van der Waals surface area contributed by atoms with E-state index in [4.69, 9.17) is 0 Å². The van der Waals surface area contributed by atoms with Crippen molar-refractivity contribution in [3.8, 4) is 17.1 Å². The monoisotopic (exact) mass is 363 g/mol. The number of benzene rings is 2. The van der Waals surface area contributed by atoms with Crippen molar-refractivity contribution in [2.24, 2.45) is 7.05 Å². The fourth-order valence-electron chi connectivity index (χ4n) is 2.55.